The van der Waals surface area contributed by atoms with Gasteiger partial charge in [-0.2, -0.15) is 0 Å². The summed E-state index contributed by atoms with van der Waals surface area (Å²) in [6.07, 6.45) is 4.02. The fraction of sp³-hybridized carbons (Fsp3) is 0.308. The summed E-state index contributed by atoms with van der Waals surface area (Å²) in [5, 5.41) is 4.18. The molecule has 1 N–H and O–H groups in total. The zero-order valence-electron chi connectivity index (χ0n) is 9.62. The standard InChI is InChI=1S/C13H12ClIN2O/c14-10-5-8(1-4-11(10)15)13-12(17-7-18-13)6-16-9-2-3-9/h1,4-5,7,9,16H,2-3,6H2. The highest BCUT2D eigenvalue weighted by atomic mass is 127. The Morgan fingerprint density at radius 3 is 3.00 bits per heavy atom. The lowest BCUT2D eigenvalue weighted by atomic mass is 10.1. The molecule has 0 bridgehead atoms. The first-order valence-corrected chi connectivity index (χ1v) is 7.31. The van der Waals surface area contributed by atoms with Gasteiger partial charge in [0, 0.05) is 21.7 Å². The molecule has 0 aliphatic heterocycles. The largest absolute Gasteiger partial charge is 0.443 e. The summed E-state index contributed by atoms with van der Waals surface area (Å²) in [7, 11) is 0. The van der Waals surface area contributed by atoms with E-state index in [4.69, 9.17) is 16.0 Å². The Kier molecular flexibility index (Phi) is 3.59. The molecule has 0 spiro atoms. The van der Waals surface area contributed by atoms with Gasteiger partial charge in [-0.25, -0.2) is 4.98 Å². The summed E-state index contributed by atoms with van der Waals surface area (Å²) in [5.74, 6) is 0.807. The third-order valence-corrected chi connectivity index (χ3v) is 4.53. The van der Waals surface area contributed by atoms with Gasteiger partial charge in [0.25, 0.3) is 0 Å². The molecule has 0 amide bonds. The monoisotopic (exact) mass is 374 g/mol. The first-order chi connectivity index (χ1) is 8.74. The summed E-state index contributed by atoms with van der Waals surface area (Å²) < 4.78 is 6.52. The molecule has 1 aromatic heterocycles. The normalized spacial score (nSPS) is 15.0. The highest BCUT2D eigenvalue weighted by Crippen LogP contribution is 2.29. The molecule has 2 aromatic rings. The minimum Gasteiger partial charge on any atom is -0.443 e. The quantitative estimate of drug-likeness (QED) is 0.826. The second-order valence-corrected chi connectivity index (χ2v) is 5.98. The molecule has 0 atom stereocenters. The van der Waals surface area contributed by atoms with Crippen LogP contribution in [0.3, 0.4) is 0 Å². The Morgan fingerprint density at radius 2 is 2.28 bits per heavy atom. The molecule has 0 unspecified atom stereocenters. The highest BCUT2D eigenvalue weighted by Gasteiger charge is 2.21. The van der Waals surface area contributed by atoms with E-state index in [9.17, 15) is 0 Å². The van der Waals surface area contributed by atoms with Gasteiger partial charge in [-0.05, 0) is 47.6 Å². The van der Waals surface area contributed by atoms with Gasteiger partial charge in [-0.15, -0.1) is 0 Å². The third-order valence-electron chi connectivity index (χ3n) is 2.96. The van der Waals surface area contributed by atoms with Crippen LogP contribution in [0.1, 0.15) is 18.5 Å². The van der Waals surface area contributed by atoms with Crippen molar-refractivity contribution in [3.63, 3.8) is 0 Å². The minimum absolute atomic E-state index is 0.662. The Balaban J connectivity index is 1.85. The van der Waals surface area contributed by atoms with E-state index in [0.29, 0.717) is 6.04 Å². The Bertz CT molecular complexity index is 566. The van der Waals surface area contributed by atoms with Crippen LogP contribution in [0.25, 0.3) is 11.3 Å². The van der Waals surface area contributed by atoms with Gasteiger partial charge in [0.05, 0.1) is 5.02 Å². The molecule has 0 saturated heterocycles. The summed E-state index contributed by atoms with van der Waals surface area (Å²) >= 11 is 8.35. The molecule has 0 radical (unpaired) electrons. The Hall–Kier alpha value is -0.590. The fourth-order valence-electron chi connectivity index (χ4n) is 1.80. The average molecular weight is 375 g/mol. The van der Waals surface area contributed by atoms with Gasteiger partial charge in [-0.3, -0.25) is 0 Å². The molecule has 1 aliphatic rings. The number of rotatable bonds is 4. The van der Waals surface area contributed by atoms with Crippen molar-refractivity contribution in [2.75, 3.05) is 0 Å². The van der Waals surface area contributed by atoms with Crippen molar-refractivity contribution in [2.45, 2.75) is 25.4 Å². The van der Waals surface area contributed by atoms with Gasteiger partial charge in [0.15, 0.2) is 12.2 Å². The van der Waals surface area contributed by atoms with Crippen molar-refractivity contribution in [3.05, 3.63) is 38.9 Å². The second kappa shape index (κ2) is 5.19. The Labute approximate surface area is 124 Å². The van der Waals surface area contributed by atoms with Crippen LogP contribution >= 0.6 is 34.2 Å². The van der Waals surface area contributed by atoms with E-state index in [2.05, 4.69) is 32.9 Å². The summed E-state index contributed by atoms with van der Waals surface area (Å²) in [5.41, 5.74) is 1.92. The van der Waals surface area contributed by atoms with Crippen LogP contribution in [-0.4, -0.2) is 11.0 Å². The number of oxazole rings is 1. The van der Waals surface area contributed by atoms with Crippen LogP contribution in [0.2, 0.25) is 5.02 Å². The molecule has 3 rings (SSSR count). The Morgan fingerprint density at radius 1 is 1.44 bits per heavy atom. The van der Waals surface area contributed by atoms with Crippen molar-refractivity contribution >= 4 is 34.2 Å². The van der Waals surface area contributed by atoms with Crippen LogP contribution in [0.15, 0.2) is 29.0 Å². The van der Waals surface area contributed by atoms with Gasteiger partial charge in [0.2, 0.25) is 0 Å². The zero-order valence-corrected chi connectivity index (χ0v) is 12.5. The van der Waals surface area contributed by atoms with Crippen LogP contribution in [-0.2, 0) is 6.54 Å². The van der Waals surface area contributed by atoms with E-state index in [1.54, 1.807) is 0 Å². The predicted molar refractivity (Wildman–Crippen MR) is 79.5 cm³/mol. The van der Waals surface area contributed by atoms with E-state index < -0.39 is 0 Å². The number of hydrogen-bond donors (Lipinski definition) is 1. The highest BCUT2D eigenvalue weighted by molar-refractivity contribution is 14.1. The molecule has 1 fully saturated rings. The van der Waals surface area contributed by atoms with Crippen LogP contribution in [0.5, 0.6) is 0 Å². The van der Waals surface area contributed by atoms with Gasteiger partial charge in [-0.1, -0.05) is 17.7 Å². The van der Waals surface area contributed by atoms with Gasteiger partial charge in [0.1, 0.15) is 5.69 Å². The maximum Gasteiger partial charge on any atom is 0.181 e. The average Bonchev–Trinajstić information content (AvgIpc) is 3.08. The second-order valence-electron chi connectivity index (χ2n) is 4.41. The van der Waals surface area contributed by atoms with Crippen molar-refractivity contribution in [1.29, 1.82) is 0 Å². The number of nitrogens with one attached hydrogen (secondary N) is 1. The molecule has 5 heteroatoms. The summed E-state index contributed by atoms with van der Waals surface area (Å²) in [6.45, 7) is 0.750. The predicted octanol–water partition coefficient (Wildman–Crippen LogP) is 3.85. The van der Waals surface area contributed by atoms with Crippen LogP contribution < -0.4 is 5.32 Å². The van der Waals surface area contributed by atoms with E-state index in [0.717, 1.165) is 32.2 Å². The van der Waals surface area contributed by atoms with E-state index >= 15 is 0 Å². The molecule has 1 aliphatic carbocycles. The maximum absolute atomic E-state index is 6.14. The fourth-order valence-corrected chi connectivity index (χ4v) is 2.31. The van der Waals surface area contributed by atoms with E-state index in [-0.39, 0.29) is 0 Å². The molecule has 3 nitrogen and oxygen atoms in total. The summed E-state index contributed by atoms with van der Waals surface area (Å²) in [6, 6.07) is 6.58. The van der Waals surface area contributed by atoms with Crippen molar-refractivity contribution in [3.8, 4) is 11.3 Å². The lowest BCUT2D eigenvalue weighted by molar-refractivity contribution is 0.569. The molecule has 1 saturated carbocycles. The molecule has 18 heavy (non-hydrogen) atoms. The lowest BCUT2D eigenvalue weighted by Crippen LogP contribution is -2.15. The van der Waals surface area contributed by atoms with Crippen LogP contribution in [0.4, 0.5) is 0 Å². The molecule has 94 valence electrons. The maximum atomic E-state index is 6.14. The molecule has 1 heterocycles. The van der Waals surface area contributed by atoms with Crippen molar-refractivity contribution < 1.29 is 4.42 Å². The van der Waals surface area contributed by atoms with Gasteiger partial charge >= 0.3 is 0 Å². The SMILES string of the molecule is Clc1cc(-c2ocnc2CNC2CC2)ccc1I. The number of benzene rings is 1. The topological polar surface area (TPSA) is 38.1 Å². The lowest BCUT2D eigenvalue weighted by Gasteiger charge is -2.04. The number of hydrogen-bond acceptors (Lipinski definition) is 3. The minimum atomic E-state index is 0.662. The zero-order chi connectivity index (χ0) is 12.5. The first-order valence-electron chi connectivity index (χ1n) is 5.85. The molecule has 1 aromatic carbocycles. The first kappa shape index (κ1) is 12.4. The van der Waals surface area contributed by atoms with Gasteiger partial charge < -0.3 is 9.73 Å². The third kappa shape index (κ3) is 2.70. The summed E-state index contributed by atoms with van der Waals surface area (Å²) in [4.78, 5) is 4.27. The number of nitrogens with zero attached hydrogens (tertiary/aromatic N) is 1. The van der Waals surface area contributed by atoms with Crippen LogP contribution in [0, 0.1) is 3.57 Å². The number of halogens is 2. The van der Waals surface area contributed by atoms with Crippen molar-refractivity contribution in [2.24, 2.45) is 0 Å². The smallest absolute Gasteiger partial charge is 0.181 e. The van der Waals surface area contributed by atoms with E-state index in [1.807, 2.05) is 18.2 Å². The van der Waals surface area contributed by atoms with Crippen molar-refractivity contribution in [1.82, 2.24) is 10.3 Å². The molecular weight excluding hydrogens is 363 g/mol. The number of aromatic nitrogens is 1. The molecular formula is C13H12ClIN2O. The van der Waals surface area contributed by atoms with E-state index in [1.165, 1.54) is 19.2 Å².